The van der Waals surface area contributed by atoms with E-state index in [0.717, 1.165) is 38.3 Å². The van der Waals surface area contributed by atoms with E-state index in [1.54, 1.807) is 7.11 Å². The van der Waals surface area contributed by atoms with Gasteiger partial charge in [-0.05, 0) is 45.1 Å². The van der Waals surface area contributed by atoms with Gasteiger partial charge in [-0.3, -0.25) is 4.90 Å². The number of nitrogens with zero attached hydrogens (tertiary/aromatic N) is 2. The zero-order chi connectivity index (χ0) is 15.2. The molecule has 1 fully saturated rings. The topological polar surface area (TPSA) is 24.9 Å². The number of benzene rings is 1. The second kappa shape index (κ2) is 7.78. The van der Waals surface area contributed by atoms with Gasteiger partial charge in [-0.25, -0.2) is 0 Å². The van der Waals surface area contributed by atoms with Crippen LogP contribution in [0.15, 0.2) is 18.2 Å². The number of hydrogen-bond donors (Lipinski definition) is 0. The van der Waals surface area contributed by atoms with E-state index in [4.69, 9.17) is 9.47 Å². The van der Waals surface area contributed by atoms with Crippen molar-refractivity contribution in [3.63, 3.8) is 0 Å². The Balaban J connectivity index is 2.06. The molecule has 0 aliphatic carbocycles. The average molecular weight is 292 g/mol. The van der Waals surface area contributed by atoms with Crippen LogP contribution in [0.2, 0.25) is 0 Å². The van der Waals surface area contributed by atoms with Crippen molar-refractivity contribution in [2.75, 3.05) is 40.9 Å². The highest BCUT2D eigenvalue weighted by atomic mass is 16.5. The second-order valence-electron chi connectivity index (χ2n) is 5.99. The summed E-state index contributed by atoms with van der Waals surface area (Å²) in [6.45, 7) is 6.79. The smallest absolute Gasteiger partial charge is 0.123 e. The molecule has 0 N–H and O–H groups in total. The van der Waals surface area contributed by atoms with E-state index in [0.29, 0.717) is 12.7 Å². The first-order chi connectivity index (χ1) is 10.1. The molecular weight excluding hydrogens is 264 g/mol. The maximum Gasteiger partial charge on any atom is 0.123 e. The predicted octanol–water partition coefficient (Wildman–Crippen LogP) is 2.37. The third kappa shape index (κ3) is 4.70. The number of hydrogen-bond acceptors (Lipinski definition) is 4. The fourth-order valence-electron chi connectivity index (χ4n) is 2.88. The lowest BCUT2D eigenvalue weighted by molar-refractivity contribution is 0.107. The summed E-state index contributed by atoms with van der Waals surface area (Å²) >= 11 is 0. The van der Waals surface area contributed by atoms with Gasteiger partial charge in [0.2, 0.25) is 0 Å². The zero-order valence-electron chi connectivity index (χ0n) is 13.8. The quantitative estimate of drug-likeness (QED) is 0.770. The molecule has 1 aliphatic heterocycles. The Labute approximate surface area is 128 Å². The van der Waals surface area contributed by atoms with Crippen LogP contribution < -0.4 is 4.74 Å². The molecule has 1 aliphatic rings. The maximum atomic E-state index is 5.74. The molecule has 0 unspecified atom stereocenters. The highest BCUT2D eigenvalue weighted by Crippen LogP contribution is 2.23. The van der Waals surface area contributed by atoms with Gasteiger partial charge in [-0.15, -0.1) is 0 Å². The van der Waals surface area contributed by atoms with Crippen LogP contribution in [0.4, 0.5) is 0 Å². The Morgan fingerprint density at radius 1 is 1.33 bits per heavy atom. The van der Waals surface area contributed by atoms with Crippen molar-refractivity contribution < 1.29 is 9.47 Å². The monoisotopic (exact) mass is 292 g/mol. The van der Waals surface area contributed by atoms with Gasteiger partial charge >= 0.3 is 0 Å². The molecule has 0 aromatic heterocycles. The van der Waals surface area contributed by atoms with E-state index >= 15 is 0 Å². The van der Waals surface area contributed by atoms with Gasteiger partial charge in [0.05, 0.1) is 12.7 Å². The number of rotatable bonds is 7. The normalized spacial score (nSPS) is 19.4. The lowest BCUT2D eigenvalue weighted by Crippen LogP contribution is -2.22. The molecule has 0 saturated carbocycles. The summed E-state index contributed by atoms with van der Waals surface area (Å²) in [4.78, 5) is 4.64. The molecular formula is C17H28N2O2. The fourth-order valence-corrected chi connectivity index (χ4v) is 2.88. The van der Waals surface area contributed by atoms with Gasteiger partial charge in [0, 0.05) is 38.9 Å². The molecule has 4 heteroatoms. The van der Waals surface area contributed by atoms with Crippen LogP contribution in [-0.2, 0) is 17.8 Å². The minimum Gasteiger partial charge on any atom is -0.494 e. The molecule has 1 aromatic rings. The first-order valence-corrected chi connectivity index (χ1v) is 7.76. The summed E-state index contributed by atoms with van der Waals surface area (Å²) in [6.07, 6.45) is 1.53. The minimum atomic E-state index is 0.397. The summed E-state index contributed by atoms with van der Waals surface area (Å²) in [5.41, 5.74) is 2.62. The van der Waals surface area contributed by atoms with Crippen LogP contribution >= 0.6 is 0 Å². The van der Waals surface area contributed by atoms with E-state index in [1.165, 1.54) is 11.1 Å². The van der Waals surface area contributed by atoms with Gasteiger partial charge in [-0.2, -0.15) is 0 Å². The number of methoxy groups -OCH3 is 1. The van der Waals surface area contributed by atoms with Gasteiger partial charge in [0.1, 0.15) is 5.75 Å². The van der Waals surface area contributed by atoms with Crippen LogP contribution in [0.25, 0.3) is 0 Å². The first-order valence-electron chi connectivity index (χ1n) is 7.76. The predicted molar refractivity (Wildman–Crippen MR) is 85.7 cm³/mol. The lowest BCUT2D eigenvalue weighted by atomic mass is 10.1. The van der Waals surface area contributed by atoms with Crippen LogP contribution in [0, 0.1) is 0 Å². The highest BCUT2D eigenvalue weighted by molar-refractivity contribution is 5.37. The van der Waals surface area contributed by atoms with Gasteiger partial charge in [-0.1, -0.05) is 6.07 Å². The zero-order valence-corrected chi connectivity index (χ0v) is 13.8. The Hall–Kier alpha value is -1.10. The standard InChI is InChI=1S/C17H28N2O2/c1-5-21-17-7-6-14(10-15(17)12-18(2)3)11-19-9-8-16(13-19)20-4/h6-7,10,16H,5,8-9,11-13H2,1-4H3/t16-/m0/s1. The van der Waals surface area contributed by atoms with E-state index in [9.17, 15) is 0 Å². The summed E-state index contributed by atoms with van der Waals surface area (Å²) in [5.74, 6) is 1.01. The van der Waals surface area contributed by atoms with Crippen molar-refractivity contribution in [2.45, 2.75) is 32.5 Å². The molecule has 1 heterocycles. The SMILES string of the molecule is CCOc1ccc(CN2CC[C@H](OC)C2)cc1CN(C)C. The molecule has 0 amide bonds. The molecule has 2 rings (SSSR count). The first kappa shape index (κ1) is 16.3. The van der Waals surface area contributed by atoms with E-state index in [2.05, 4.69) is 42.1 Å². The van der Waals surface area contributed by atoms with Gasteiger partial charge in [0.25, 0.3) is 0 Å². The van der Waals surface area contributed by atoms with Gasteiger partial charge < -0.3 is 14.4 Å². The number of likely N-dealkylation sites (tertiary alicyclic amines) is 1. The van der Waals surface area contributed by atoms with Crippen LogP contribution in [-0.4, -0.2) is 56.8 Å². The minimum absolute atomic E-state index is 0.397. The Bertz CT molecular complexity index is 448. The molecule has 4 nitrogen and oxygen atoms in total. The van der Waals surface area contributed by atoms with Crippen molar-refractivity contribution in [1.82, 2.24) is 9.80 Å². The van der Waals surface area contributed by atoms with E-state index in [1.807, 2.05) is 6.92 Å². The molecule has 1 saturated heterocycles. The van der Waals surface area contributed by atoms with Gasteiger partial charge in [0.15, 0.2) is 0 Å². The van der Waals surface area contributed by atoms with Crippen molar-refractivity contribution in [3.8, 4) is 5.75 Å². The van der Waals surface area contributed by atoms with Crippen molar-refractivity contribution >= 4 is 0 Å². The van der Waals surface area contributed by atoms with Crippen molar-refractivity contribution in [1.29, 1.82) is 0 Å². The fraction of sp³-hybridized carbons (Fsp3) is 0.647. The Kier molecular flexibility index (Phi) is 6.03. The largest absolute Gasteiger partial charge is 0.494 e. The molecule has 1 atom stereocenters. The van der Waals surface area contributed by atoms with Crippen molar-refractivity contribution in [2.24, 2.45) is 0 Å². The lowest BCUT2D eigenvalue weighted by Gasteiger charge is -2.19. The maximum absolute atomic E-state index is 5.74. The molecule has 0 radical (unpaired) electrons. The Morgan fingerprint density at radius 2 is 2.14 bits per heavy atom. The van der Waals surface area contributed by atoms with Crippen LogP contribution in [0.1, 0.15) is 24.5 Å². The molecule has 0 bridgehead atoms. The van der Waals surface area contributed by atoms with Crippen LogP contribution in [0.5, 0.6) is 5.75 Å². The van der Waals surface area contributed by atoms with Crippen molar-refractivity contribution in [3.05, 3.63) is 29.3 Å². The van der Waals surface area contributed by atoms with E-state index < -0.39 is 0 Å². The molecule has 118 valence electrons. The average Bonchev–Trinajstić information content (AvgIpc) is 2.89. The molecule has 0 spiro atoms. The third-order valence-electron chi connectivity index (χ3n) is 3.88. The number of ether oxygens (including phenoxy) is 2. The molecule has 21 heavy (non-hydrogen) atoms. The third-order valence-corrected chi connectivity index (χ3v) is 3.88. The molecule has 1 aromatic carbocycles. The summed E-state index contributed by atoms with van der Waals surface area (Å²) in [7, 11) is 5.98. The highest BCUT2D eigenvalue weighted by Gasteiger charge is 2.22. The summed E-state index contributed by atoms with van der Waals surface area (Å²) in [6, 6.07) is 6.58. The summed E-state index contributed by atoms with van der Waals surface area (Å²) in [5, 5.41) is 0. The van der Waals surface area contributed by atoms with Crippen LogP contribution in [0.3, 0.4) is 0 Å². The summed E-state index contributed by atoms with van der Waals surface area (Å²) < 4.78 is 11.2. The second-order valence-corrected chi connectivity index (χ2v) is 5.99. The van der Waals surface area contributed by atoms with E-state index in [-0.39, 0.29) is 0 Å². The Morgan fingerprint density at radius 3 is 2.76 bits per heavy atom.